The van der Waals surface area contributed by atoms with Crippen LogP contribution in [0.3, 0.4) is 0 Å². The van der Waals surface area contributed by atoms with Gasteiger partial charge in [0.25, 0.3) is 5.91 Å². The minimum absolute atomic E-state index is 0.0595. The van der Waals surface area contributed by atoms with Crippen LogP contribution in [-0.2, 0) is 42.9 Å². The number of nitrogens with one attached hydrogen (secondary N) is 1. The van der Waals surface area contributed by atoms with Gasteiger partial charge in [0.1, 0.15) is 23.9 Å². The first-order valence-electron chi connectivity index (χ1n) is 21.0. The van der Waals surface area contributed by atoms with Crippen LogP contribution < -0.4 is 5.32 Å². The van der Waals surface area contributed by atoms with E-state index in [0.717, 1.165) is 13.8 Å². The average Bonchev–Trinajstić information content (AvgIpc) is 3.26. The van der Waals surface area contributed by atoms with Gasteiger partial charge in [-0.1, -0.05) is 87.5 Å². The maximum atomic E-state index is 14.9. The van der Waals surface area contributed by atoms with E-state index in [0.29, 0.717) is 12.0 Å². The third-order valence-electron chi connectivity index (χ3n) is 12.8. The molecule has 1 saturated carbocycles. The number of esters is 4. The van der Waals surface area contributed by atoms with Crippen molar-refractivity contribution in [3.63, 3.8) is 0 Å². The molecule has 0 spiro atoms. The summed E-state index contributed by atoms with van der Waals surface area (Å²) in [7, 11) is 0. The van der Waals surface area contributed by atoms with E-state index < -0.39 is 114 Å². The van der Waals surface area contributed by atoms with Crippen molar-refractivity contribution in [3.05, 3.63) is 119 Å². The minimum atomic E-state index is -2.33. The Bertz CT molecular complexity index is 2210. The van der Waals surface area contributed by atoms with E-state index in [1.54, 1.807) is 107 Å². The molecule has 6 rings (SSSR count). The summed E-state index contributed by atoms with van der Waals surface area (Å²) in [6.45, 7) is 8.38. The lowest BCUT2D eigenvalue weighted by Crippen LogP contribution is -2.74. The first kappa shape index (κ1) is 46.8. The fourth-order valence-electron chi connectivity index (χ4n) is 9.30. The molecule has 1 saturated heterocycles. The quantitative estimate of drug-likeness (QED) is 0.0995. The Morgan fingerprint density at radius 2 is 1.43 bits per heavy atom. The van der Waals surface area contributed by atoms with Crippen LogP contribution in [-0.4, -0.2) is 105 Å². The van der Waals surface area contributed by atoms with Gasteiger partial charge >= 0.3 is 23.9 Å². The Kier molecular flexibility index (Phi) is 14.1. The lowest BCUT2D eigenvalue weighted by Gasteiger charge is -2.61. The Morgan fingerprint density at radius 1 is 0.841 bits per heavy atom. The largest absolute Gasteiger partial charge is 0.456 e. The fourth-order valence-corrected chi connectivity index (χ4v) is 9.30. The number of benzene rings is 3. The molecule has 1 heterocycles. The predicted molar refractivity (Wildman–Crippen MR) is 224 cm³/mol. The number of aliphatic hydroxyl groups is 3. The summed E-state index contributed by atoms with van der Waals surface area (Å²) in [4.78, 5) is 82.6. The number of ether oxygens (including phenoxy) is 5. The summed E-state index contributed by atoms with van der Waals surface area (Å²) < 4.78 is 30.2. The van der Waals surface area contributed by atoms with Crippen LogP contribution in [0.4, 0.5) is 0 Å². The summed E-state index contributed by atoms with van der Waals surface area (Å²) >= 11 is 0. The highest BCUT2D eigenvalue weighted by Crippen LogP contribution is 2.58. The number of hydrogen-bond acceptors (Lipinski definition) is 14. The Morgan fingerprint density at radius 3 is 1.97 bits per heavy atom. The smallest absolute Gasteiger partial charge is 0.338 e. The molecule has 15 nitrogen and oxygen atoms in total. The van der Waals surface area contributed by atoms with Gasteiger partial charge in [-0.05, 0) is 54.3 Å². The topological polar surface area (TPSA) is 221 Å². The monoisotopic (exact) mass is 869 g/mol. The molecule has 3 aromatic rings. The Labute approximate surface area is 365 Å². The number of hydrogen-bond donors (Lipinski definition) is 4. The highest BCUT2D eigenvalue weighted by Gasteiger charge is 2.70. The SMILES string of the molecule is CC[C@@H](O)C[C@H]1OC[C@@]1(OC(C)=O)C1CC(=O)[C@H](OC(C)=O)C2=C(C)[C@@H](OC(=O)[C@H](O)C(NC(=O)c3ccccc3)c3ccccc3)C[C@@](O)([C@H]1OC(=O)c1ccccc1)C2(C)C. The molecule has 336 valence electrons. The van der Waals surface area contributed by atoms with Gasteiger partial charge in [0.2, 0.25) is 0 Å². The molecule has 3 aliphatic rings. The van der Waals surface area contributed by atoms with Crippen LogP contribution in [0.1, 0.15) is 99.5 Å². The third-order valence-corrected chi connectivity index (χ3v) is 12.8. The highest BCUT2D eigenvalue weighted by molar-refractivity contribution is 5.95. The second-order valence-corrected chi connectivity index (χ2v) is 17.1. The van der Waals surface area contributed by atoms with Crippen molar-refractivity contribution < 1.29 is 67.8 Å². The number of carbonyl (C=O) groups excluding carboxylic acids is 6. The van der Waals surface area contributed by atoms with E-state index in [9.17, 15) is 44.1 Å². The van der Waals surface area contributed by atoms with Crippen LogP contribution >= 0.6 is 0 Å². The van der Waals surface area contributed by atoms with Crippen LogP contribution in [0.2, 0.25) is 0 Å². The van der Waals surface area contributed by atoms with E-state index in [1.165, 1.54) is 12.1 Å². The van der Waals surface area contributed by atoms with Crippen molar-refractivity contribution in [2.75, 3.05) is 6.61 Å². The normalized spacial score (nSPS) is 27.8. The van der Waals surface area contributed by atoms with E-state index in [4.69, 9.17) is 23.7 Å². The lowest BCUT2D eigenvalue weighted by atomic mass is 9.52. The standard InChI is InChI=1S/C48H55NO14/c1-7-33(52)23-37-47(26-59-37,63-29(4)51)34-24-35(53)41(60-28(3)50)38-27(2)36(25-48(58,46(38,5)6)42(34)62-44(56)32-21-15-10-16-22-32)61-45(57)40(54)39(30-17-11-8-12-18-30)49-43(55)31-19-13-9-14-20-31/h8-22,33-34,36-37,39-42,52,54,58H,7,23-26H2,1-6H3,(H,49,55)/t33-,34?,36+,37-,39?,40-,41+,42+,47-,48-/m1/s1. The Hall–Kier alpha value is -5.74. The lowest BCUT2D eigenvalue weighted by molar-refractivity contribution is -0.305. The van der Waals surface area contributed by atoms with Crippen LogP contribution in [0, 0.1) is 11.3 Å². The number of aliphatic hydroxyl groups excluding tert-OH is 2. The molecular weight excluding hydrogens is 815 g/mol. The van der Waals surface area contributed by atoms with Gasteiger partial charge in [0.15, 0.2) is 23.6 Å². The molecule has 0 aromatic heterocycles. The number of ketones is 1. The van der Waals surface area contributed by atoms with Gasteiger partial charge in [-0.15, -0.1) is 0 Å². The van der Waals surface area contributed by atoms with Crippen molar-refractivity contribution in [1.82, 2.24) is 5.32 Å². The summed E-state index contributed by atoms with van der Waals surface area (Å²) in [5, 5.41) is 38.9. The van der Waals surface area contributed by atoms with Crippen molar-refractivity contribution in [2.24, 2.45) is 11.3 Å². The average molecular weight is 870 g/mol. The molecule has 2 fully saturated rings. The van der Waals surface area contributed by atoms with E-state index >= 15 is 0 Å². The second kappa shape index (κ2) is 18.9. The zero-order valence-corrected chi connectivity index (χ0v) is 36.1. The van der Waals surface area contributed by atoms with Gasteiger partial charge < -0.3 is 44.3 Å². The van der Waals surface area contributed by atoms with Crippen LogP contribution in [0.25, 0.3) is 0 Å². The van der Waals surface area contributed by atoms with E-state index in [1.807, 2.05) is 0 Å². The zero-order valence-electron chi connectivity index (χ0n) is 36.1. The number of Topliss-reactive ketones (excluding diaryl/α,β-unsaturated/α-hetero) is 1. The zero-order chi connectivity index (χ0) is 45.9. The van der Waals surface area contributed by atoms with Crippen LogP contribution in [0.15, 0.2) is 102 Å². The molecule has 1 aliphatic heterocycles. The van der Waals surface area contributed by atoms with Gasteiger partial charge in [-0.3, -0.25) is 19.2 Å². The molecule has 2 aliphatic carbocycles. The van der Waals surface area contributed by atoms with Crippen LogP contribution in [0.5, 0.6) is 0 Å². The van der Waals surface area contributed by atoms with Crippen molar-refractivity contribution in [2.45, 2.75) is 121 Å². The van der Waals surface area contributed by atoms with Gasteiger partial charge in [0, 0.05) is 44.1 Å². The minimum Gasteiger partial charge on any atom is -0.456 e. The fraction of sp³-hybridized carbons (Fsp3) is 0.458. The first-order chi connectivity index (χ1) is 29.8. The summed E-state index contributed by atoms with van der Waals surface area (Å²) in [5.74, 6) is -6.46. The maximum absolute atomic E-state index is 14.9. The summed E-state index contributed by atoms with van der Waals surface area (Å²) in [5.41, 5.74) is -4.75. The maximum Gasteiger partial charge on any atom is 0.338 e. The predicted octanol–water partition coefficient (Wildman–Crippen LogP) is 4.52. The Balaban J connectivity index is 1.49. The molecule has 15 heteroatoms. The third kappa shape index (κ3) is 9.33. The van der Waals surface area contributed by atoms with Crippen molar-refractivity contribution >= 4 is 35.6 Å². The molecule has 3 aromatic carbocycles. The molecule has 1 amide bonds. The summed E-state index contributed by atoms with van der Waals surface area (Å²) in [6.07, 6.45) is -9.74. The molecule has 0 radical (unpaired) electrons. The number of rotatable bonds is 14. The molecule has 10 atom stereocenters. The van der Waals surface area contributed by atoms with E-state index in [-0.39, 0.29) is 35.3 Å². The summed E-state index contributed by atoms with van der Waals surface area (Å²) in [6, 6.07) is 23.0. The highest BCUT2D eigenvalue weighted by atomic mass is 16.6. The van der Waals surface area contributed by atoms with E-state index in [2.05, 4.69) is 5.32 Å². The van der Waals surface area contributed by atoms with Gasteiger partial charge in [-0.2, -0.15) is 0 Å². The first-order valence-corrected chi connectivity index (χ1v) is 21.0. The second-order valence-electron chi connectivity index (χ2n) is 17.1. The van der Waals surface area contributed by atoms with Gasteiger partial charge in [-0.25, -0.2) is 9.59 Å². The van der Waals surface area contributed by atoms with Crippen molar-refractivity contribution in [1.29, 1.82) is 0 Å². The van der Waals surface area contributed by atoms with Crippen molar-refractivity contribution in [3.8, 4) is 0 Å². The van der Waals surface area contributed by atoms with Gasteiger partial charge in [0.05, 0.1) is 30.2 Å². The number of fused-ring (bicyclic) bond motifs is 2. The molecule has 63 heavy (non-hydrogen) atoms. The molecule has 2 unspecified atom stereocenters. The molecular formula is C48H55NO14. The number of amides is 1. The molecule has 4 N–H and O–H groups in total. The molecule has 2 bridgehead atoms. The number of carbonyl (C=O) groups is 6.